The highest BCUT2D eigenvalue weighted by Crippen LogP contribution is 2.35. The van der Waals surface area contributed by atoms with E-state index in [4.69, 9.17) is 14.2 Å². The highest BCUT2D eigenvalue weighted by Gasteiger charge is 2.36. The number of nitrogens with zero attached hydrogens (tertiary/aromatic N) is 3. The molecule has 0 unspecified atom stereocenters. The molecule has 4 heterocycles. The number of aliphatic imine (C=N–C) groups is 1. The number of furan rings is 2. The molecule has 3 aliphatic rings. The van der Waals surface area contributed by atoms with E-state index in [1.165, 1.54) is 48.9 Å². The number of carbonyl (C=O) groups excluding carboxylic acids is 1. The largest absolute Gasteiger partial charge is 0.462 e. The maximum atomic E-state index is 12.5. The monoisotopic (exact) mass is 426 g/mol. The van der Waals surface area contributed by atoms with Crippen LogP contribution in [0.5, 0.6) is 0 Å². The number of rotatable bonds is 4. The van der Waals surface area contributed by atoms with Crippen molar-refractivity contribution in [1.82, 2.24) is 5.01 Å². The first kappa shape index (κ1) is 18.5. The van der Waals surface area contributed by atoms with Gasteiger partial charge in [-0.3, -0.25) is 10.2 Å². The van der Waals surface area contributed by atoms with Gasteiger partial charge in [0.15, 0.2) is 21.7 Å². The quantitative estimate of drug-likeness (QED) is 0.694. The van der Waals surface area contributed by atoms with Crippen molar-refractivity contribution in [2.75, 3.05) is 0 Å². The molecule has 0 saturated heterocycles. The molecular weight excluding hydrogens is 408 g/mol. The average Bonchev–Trinajstić information content (AvgIpc) is 3.47. The fourth-order valence-corrected chi connectivity index (χ4v) is 5.50. The molecule has 0 spiro atoms. The van der Waals surface area contributed by atoms with Crippen LogP contribution in [0.2, 0.25) is 0 Å². The summed E-state index contributed by atoms with van der Waals surface area (Å²) in [6.07, 6.45) is 9.42. The van der Waals surface area contributed by atoms with Crippen molar-refractivity contribution in [3.63, 3.8) is 0 Å². The minimum atomic E-state index is -0.470. The number of amidine groups is 2. The molecule has 1 saturated carbocycles. The average molecular weight is 427 g/mol. The molecule has 0 radical (unpaired) electrons. The Labute approximate surface area is 175 Å². The summed E-state index contributed by atoms with van der Waals surface area (Å²) in [5.41, 5.74) is 0.155. The number of hydrazone groups is 1. The van der Waals surface area contributed by atoms with Gasteiger partial charge in [0.25, 0.3) is 5.91 Å². The van der Waals surface area contributed by atoms with Crippen molar-refractivity contribution in [2.24, 2.45) is 10.1 Å². The Morgan fingerprint density at radius 1 is 1.24 bits per heavy atom. The molecule has 2 aliphatic heterocycles. The molecule has 2 aromatic heterocycles. The van der Waals surface area contributed by atoms with Crippen LogP contribution in [0.3, 0.4) is 0 Å². The Kier molecular flexibility index (Phi) is 4.92. The Morgan fingerprint density at radius 3 is 2.90 bits per heavy atom. The third kappa shape index (κ3) is 3.72. The van der Waals surface area contributed by atoms with Crippen LogP contribution < -0.4 is 0 Å². The maximum absolute atomic E-state index is 12.5. The van der Waals surface area contributed by atoms with E-state index < -0.39 is 5.91 Å². The lowest BCUT2D eigenvalue weighted by Crippen LogP contribution is -2.35. The first-order chi connectivity index (χ1) is 14.2. The van der Waals surface area contributed by atoms with Gasteiger partial charge in [-0.2, -0.15) is 15.1 Å². The molecule has 29 heavy (non-hydrogen) atoms. The molecule has 0 aromatic carbocycles. The van der Waals surface area contributed by atoms with Crippen LogP contribution in [0.1, 0.15) is 43.6 Å². The van der Waals surface area contributed by atoms with Gasteiger partial charge in [0, 0.05) is 5.25 Å². The van der Waals surface area contributed by atoms with Crippen LogP contribution in [0.25, 0.3) is 6.08 Å². The summed E-state index contributed by atoms with van der Waals surface area (Å²) in [4.78, 5) is 16.6. The van der Waals surface area contributed by atoms with Gasteiger partial charge in [-0.05, 0) is 54.9 Å². The molecule has 1 amide bonds. The van der Waals surface area contributed by atoms with Crippen LogP contribution in [-0.2, 0) is 4.79 Å². The van der Waals surface area contributed by atoms with Gasteiger partial charge in [-0.15, -0.1) is 0 Å². The van der Waals surface area contributed by atoms with E-state index in [9.17, 15) is 4.79 Å². The van der Waals surface area contributed by atoms with Gasteiger partial charge in [-0.1, -0.05) is 31.0 Å². The highest BCUT2D eigenvalue weighted by molar-refractivity contribution is 8.27. The van der Waals surface area contributed by atoms with Gasteiger partial charge >= 0.3 is 0 Å². The van der Waals surface area contributed by atoms with Crippen molar-refractivity contribution in [3.05, 3.63) is 47.6 Å². The second kappa shape index (κ2) is 7.72. The number of carbonyl (C=O) groups is 1. The third-order valence-electron chi connectivity index (χ3n) is 4.91. The van der Waals surface area contributed by atoms with E-state index in [0.717, 1.165) is 5.09 Å². The number of thioether (sulfide) groups is 2. The van der Waals surface area contributed by atoms with E-state index in [1.54, 1.807) is 36.2 Å². The minimum absolute atomic E-state index is 0.0214. The fourth-order valence-electron chi connectivity index (χ4n) is 3.46. The summed E-state index contributed by atoms with van der Waals surface area (Å²) in [6.45, 7) is 0. The molecule has 5 rings (SSSR count). The molecule has 1 aliphatic carbocycles. The van der Waals surface area contributed by atoms with Gasteiger partial charge in [0.2, 0.25) is 5.17 Å². The lowest BCUT2D eigenvalue weighted by atomic mass is 10.0. The van der Waals surface area contributed by atoms with Crippen molar-refractivity contribution in [3.8, 4) is 0 Å². The van der Waals surface area contributed by atoms with Crippen LogP contribution in [-0.4, -0.2) is 32.2 Å². The van der Waals surface area contributed by atoms with Gasteiger partial charge in [0.05, 0.1) is 11.8 Å². The predicted molar refractivity (Wildman–Crippen MR) is 114 cm³/mol. The molecule has 0 atom stereocenters. The van der Waals surface area contributed by atoms with Crippen LogP contribution in [0, 0.1) is 5.41 Å². The van der Waals surface area contributed by atoms with E-state index in [-0.39, 0.29) is 11.4 Å². The molecule has 1 N–H and O–H groups in total. The number of nitrogens with one attached hydrogen (secondary N) is 1. The lowest BCUT2D eigenvalue weighted by molar-refractivity contribution is -0.114. The third-order valence-corrected chi connectivity index (χ3v) is 7.09. The second-order valence-corrected chi connectivity index (χ2v) is 9.20. The number of hydrogen-bond donors (Lipinski definition) is 1. The van der Waals surface area contributed by atoms with Crippen molar-refractivity contribution in [2.45, 2.75) is 42.4 Å². The summed E-state index contributed by atoms with van der Waals surface area (Å²) < 4.78 is 11.2. The Hall–Kier alpha value is -2.52. The van der Waals surface area contributed by atoms with E-state index in [2.05, 4.69) is 10.1 Å². The van der Waals surface area contributed by atoms with E-state index in [1.807, 2.05) is 12.1 Å². The SMILES string of the molecule is N=C1/C(=C/c2ccc(SC3CCCCC3)o2)C(=O)N=C2SC(c3ccco3)=NN12. The Morgan fingerprint density at radius 2 is 2.10 bits per heavy atom. The predicted octanol–water partition coefficient (Wildman–Crippen LogP) is 4.96. The summed E-state index contributed by atoms with van der Waals surface area (Å²) in [5.74, 6) is 0.625. The lowest BCUT2D eigenvalue weighted by Gasteiger charge is -2.20. The van der Waals surface area contributed by atoms with Crippen LogP contribution >= 0.6 is 23.5 Å². The van der Waals surface area contributed by atoms with Crippen LogP contribution in [0.4, 0.5) is 0 Å². The minimum Gasteiger partial charge on any atom is -0.462 e. The Balaban J connectivity index is 1.36. The van der Waals surface area contributed by atoms with Gasteiger partial charge in [-0.25, -0.2) is 0 Å². The molecule has 0 bridgehead atoms. The summed E-state index contributed by atoms with van der Waals surface area (Å²) in [5, 5.41) is 16.5. The Bertz CT molecular complexity index is 1050. The zero-order valence-electron chi connectivity index (χ0n) is 15.5. The fraction of sp³-hybridized carbons (Fsp3) is 0.300. The summed E-state index contributed by atoms with van der Waals surface area (Å²) >= 11 is 2.96. The zero-order chi connectivity index (χ0) is 19.8. The van der Waals surface area contributed by atoms with Crippen molar-refractivity contribution >= 4 is 51.6 Å². The second-order valence-electron chi connectivity index (χ2n) is 6.94. The number of fused-ring (bicyclic) bond motifs is 1. The van der Waals surface area contributed by atoms with Gasteiger partial charge < -0.3 is 8.83 Å². The molecule has 148 valence electrons. The van der Waals surface area contributed by atoms with Gasteiger partial charge in [0.1, 0.15) is 5.76 Å². The van der Waals surface area contributed by atoms with E-state index >= 15 is 0 Å². The first-order valence-electron chi connectivity index (χ1n) is 9.48. The standard InChI is InChI=1S/C20H18N4O3S2/c21-17-14(11-12-8-9-16(27-12)28-13-5-2-1-3-6-13)18(25)22-20-24(17)23-19(29-20)15-7-4-10-26-15/h4,7-11,13,21H,1-3,5-6H2/b14-11-,21-17?. The molecule has 7 nitrogen and oxygen atoms in total. The van der Waals surface area contributed by atoms with Crippen LogP contribution in [0.15, 0.2) is 60.1 Å². The number of amides is 1. The highest BCUT2D eigenvalue weighted by atomic mass is 32.2. The maximum Gasteiger partial charge on any atom is 0.283 e. The summed E-state index contributed by atoms with van der Waals surface area (Å²) in [6, 6.07) is 7.30. The number of hydrogen-bond acceptors (Lipinski definition) is 7. The first-order valence-corrected chi connectivity index (χ1v) is 11.2. The topological polar surface area (TPSA) is 95.2 Å². The molecule has 1 fully saturated rings. The smallest absolute Gasteiger partial charge is 0.283 e. The zero-order valence-corrected chi connectivity index (χ0v) is 17.1. The van der Waals surface area contributed by atoms with Crippen molar-refractivity contribution in [1.29, 1.82) is 5.41 Å². The molecule has 9 heteroatoms. The summed E-state index contributed by atoms with van der Waals surface area (Å²) in [7, 11) is 0. The van der Waals surface area contributed by atoms with E-state index in [0.29, 0.717) is 27.0 Å². The normalized spacial score (nSPS) is 21.5. The molecular formula is C20H18N4O3S2. The van der Waals surface area contributed by atoms with Crippen molar-refractivity contribution < 1.29 is 13.6 Å². The molecule has 2 aromatic rings.